The fraction of sp³-hybridized carbons (Fsp3) is 0. The Balaban J connectivity index is -0.0000000184. The summed E-state index contributed by atoms with van der Waals surface area (Å²) in [4.78, 5) is 0. The summed E-state index contributed by atoms with van der Waals surface area (Å²) in [6, 6.07) is 0. The van der Waals surface area contributed by atoms with E-state index in [9.17, 15) is 0 Å². The van der Waals surface area contributed by atoms with E-state index in [1.807, 2.05) is 0 Å². The van der Waals surface area contributed by atoms with Crippen LogP contribution in [0.15, 0.2) is 0 Å². The fourth-order valence-electron chi connectivity index (χ4n) is 0. The minimum Gasteiger partial charge on any atom is -0.784 e. The quantitative estimate of drug-likeness (QED) is 0.208. The van der Waals surface area contributed by atoms with Crippen LogP contribution in [0.2, 0.25) is 0 Å². The third kappa shape index (κ3) is 1070. The van der Waals surface area contributed by atoms with E-state index >= 15 is 0 Å². The molecular formula is H3Au2NO9S3. The molecule has 0 aromatic rings. The Hall–Kier alpha value is 1.65. The van der Waals surface area contributed by atoms with Crippen molar-refractivity contribution >= 4 is 34.1 Å². The van der Waals surface area contributed by atoms with E-state index < -0.39 is 34.1 Å². The topological polar surface area (TPSA) is 225 Å². The molecule has 0 bridgehead atoms. The van der Waals surface area contributed by atoms with Crippen LogP contribution in [0.1, 0.15) is 0 Å². The van der Waals surface area contributed by atoms with Gasteiger partial charge in [0.25, 0.3) is 0 Å². The zero-order valence-electron chi connectivity index (χ0n) is 6.21. The number of hydrogen-bond acceptors (Lipinski definition) is 10. The average Bonchev–Trinajstić information content (AvgIpc) is 1.54. The van der Waals surface area contributed by atoms with E-state index in [0.29, 0.717) is 0 Å². The summed E-state index contributed by atoms with van der Waals surface area (Å²) in [5.74, 6) is 0. The van der Waals surface area contributed by atoms with Gasteiger partial charge in [0, 0.05) is 0 Å². The van der Waals surface area contributed by atoms with Crippen LogP contribution in [0.5, 0.6) is 0 Å². The minimum absolute atomic E-state index is 0. The first-order valence-electron chi connectivity index (χ1n) is 1.50. The Morgan fingerprint density at radius 2 is 0.533 bits per heavy atom. The van der Waals surface area contributed by atoms with Gasteiger partial charge in [-0.1, -0.05) is 0 Å². The van der Waals surface area contributed by atoms with Crippen molar-refractivity contribution in [2.24, 2.45) is 0 Å². The molecule has 15 heteroatoms. The Labute approximate surface area is 124 Å². The number of rotatable bonds is 0. The Bertz CT molecular complexity index is 121. The summed E-state index contributed by atoms with van der Waals surface area (Å²) in [5.41, 5.74) is 0. The molecule has 0 radical (unpaired) electrons. The second-order valence-electron chi connectivity index (χ2n) is 0.612. The molecule has 3 N–H and O–H groups in total. The van der Waals surface area contributed by atoms with Crippen molar-refractivity contribution in [2.45, 2.75) is 0 Å². The van der Waals surface area contributed by atoms with Crippen LogP contribution in [0.3, 0.4) is 0 Å². The van der Waals surface area contributed by atoms with Gasteiger partial charge in [0.15, 0.2) is 0 Å². The third-order valence-corrected chi connectivity index (χ3v) is 0. The minimum atomic E-state index is -3.11. The van der Waals surface area contributed by atoms with Gasteiger partial charge in [-0.25, -0.2) is 0 Å². The molecule has 10 nitrogen and oxygen atoms in total. The van der Waals surface area contributed by atoms with Crippen molar-refractivity contribution in [3.8, 4) is 0 Å². The summed E-state index contributed by atoms with van der Waals surface area (Å²) < 4.78 is 76.0. The Morgan fingerprint density at radius 3 is 0.533 bits per heavy atom. The van der Waals surface area contributed by atoms with Crippen molar-refractivity contribution in [1.82, 2.24) is 6.15 Å². The van der Waals surface area contributed by atoms with E-state index in [1.165, 1.54) is 0 Å². The molecule has 0 aromatic heterocycles. The zero-order valence-corrected chi connectivity index (χ0v) is 13.0. The van der Waals surface area contributed by atoms with E-state index in [4.69, 9.17) is 39.9 Å². The average molecular weight is 651 g/mol. The van der Waals surface area contributed by atoms with Crippen LogP contribution in [0.25, 0.3) is 0 Å². The SMILES string of the molecule is N.O=S([O-])[O-].O=S([O-])[O-].O=S([O-])[O-].[Au+3].[Au+3]. The molecule has 0 aromatic carbocycles. The monoisotopic (exact) mass is 651 g/mol. The van der Waals surface area contributed by atoms with E-state index in [1.54, 1.807) is 0 Å². The summed E-state index contributed by atoms with van der Waals surface area (Å²) in [6.07, 6.45) is 0. The zero-order chi connectivity index (χ0) is 10.7. The van der Waals surface area contributed by atoms with Crippen molar-refractivity contribution in [2.75, 3.05) is 0 Å². The van der Waals surface area contributed by atoms with Gasteiger partial charge in [-0.3, -0.25) is 12.6 Å². The number of hydrogen-bond donors (Lipinski definition) is 1. The Morgan fingerprint density at radius 1 is 0.533 bits per heavy atom. The van der Waals surface area contributed by atoms with Gasteiger partial charge in [-0.15, -0.1) is 34.1 Å². The van der Waals surface area contributed by atoms with Crippen molar-refractivity contribution in [3.05, 3.63) is 0 Å². The maximum absolute atomic E-state index is 8.44. The van der Waals surface area contributed by atoms with Gasteiger partial charge >= 0.3 is 44.8 Å². The molecule has 102 valence electrons. The molecule has 0 fully saturated rings. The van der Waals surface area contributed by atoms with Crippen molar-refractivity contribution in [1.29, 1.82) is 0 Å². The molecule has 0 unspecified atom stereocenters. The van der Waals surface area contributed by atoms with E-state index in [0.717, 1.165) is 0 Å². The first kappa shape index (κ1) is 36.0. The first-order chi connectivity index (χ1) is 5.20. The van der Waals surface area contributed by atoms with Crippen LogP contribution >= 0.6 is 0 Å². The molecule has 0 saturated carbocycles. The fourth-order valence-corrected chi connectivity index (χ4v) is 0. The molecule has 15 heavy (non-hydrogen) atoms. The third-order valence-electron chi connectivity index (χ3n) is 0. The van der Waals surface area contributed by atoms with E-state index in [2.05, 4.69) is 0 Å². The maximum atomic E-state index is 8.44. The van der Waals surface area contributed by atoms with Crippen LogP contribution < -0.4 is 6.15 Å². The summed E-state index contributed by atoms with van der Waals surface area (Å²) in [7, 11) is 0. The normalized spacial score (nSPS) is 7.00. The van der Waals surface area contributed by atoms with Gasteiger partial charge in [0.1, 0.15) is 0 Å². The second-order valence-corrected chi connectivity index (χ2v) is 1.84. The Kier molecular flexibility index (Phi) is 71.0. The van der Waals surface area contributed by atoms with Crippen molar-refractivity contribution < 1.29 is 84.7 Å². The molecule has 0 aliphatic heterocycles. The molecule has 0 saturated heterocycles. The largest absolute Gasteiger partial charge is 3.00 e. The molecular weight excluding hydrogens is 648 g/mol. The summed E-state index contributed by atoms with van der Waals surface area (Å²) >= 11 is -9.33. The smallest absolute Gasteiger partial charge is 0.784 e. The maximum Gasteiger partial charge on any atom is 3.00 e. The molecule has 0 heterocycles. The van der Waals surface area contributed by atoms with Crippen LogP contribution in [0, 0.1) is 0 Å². The van der Waals surface area contributed by atoms with Crippen molar-refractivity contribution in [3.63, 3.8) is 0 Å². The van der Waals surface area contributed by atoms with E-state index in [-0.39, 0.29) is 50.9 Å². The second kappa shape index (κ2) is 29.6. The summed E-state index contributed by atoms with van der Waals surface area (Å²) in [6.45, 7) is 0. The van der Waals surface area contributed by atoms with Gasteiger partial charge in [0.05, 0.1) is 0 Å². The van der Waals surface area contributed by atoms with Gasteiger partial charge in [-0.2, -0.15) is 0 Å². The predicted octanol–water partition coefficient (Wildman–Crippen LogP) is -2.86. The molecule has 0 aliphatic carbocycles. The van der Waals surface area contributed by atoms with Crippen LogP contribution in [0.4, 0.5) is 0 Å². The van der Waals surface area contributed by atoms with Gasteiger partial charge in [-0.05, 0) is 0 Å². The standard InChI is InChI=1S/2Au.H3N.3H2O3S/c;;;3*1-4(2)3/h;;1H3;3*(H2,1,2,3)/q2*+3;;;;/p-6. The molecule has 0 amide bonds. The predicted molar refractivity (Wildman–Crippen MR) is 34.1 cm³/mol. The van der Waals surface area contributed by atoms with Gasteiger partial charge < -0.3 is 33.5 Å². The van der Waals surface area contributed by atoms with Gasteiger partial charge in [0.2, 0.25) is 0 Å². The summed E-state index contributed by atoms with van der Waals surface area (Å²) in [5, 5.41) is 0. The molecule has 0 rings (SSSR count). The first-order valence-corrected chi connectivity index (χ1v) is 4.50. The van der Waals surface area contributed by atoms with Crippen LogP contribution in [-0.2, 0) is 78.8 Å². The molecule has 0 spiro atoms. The molecule has 0 aliphatic rings. The molecule has 0 atom stereocenters. The van der Waals surface area contributed by atoms with Crippen LogP contribution in [-0.4, -0.2) is 39.9 Å².